The lowest BCUT2D eigenvalue weighted by Gasteiger charge is -2.31. The van der Waals surface area contributed by atoms with Crippen molar-refractivity contribution in [2.24, 2.45) is 5.92 Å². The fourth-order valence-electron chi connectivity index (χ4n) is 5.39. The molecule has 0 saturated heterocycles. The highest BCUT2D eigenvalue weighted by Gasteiger charge is 2.29. The number of rotatable bonds is 7. The number of carbonyl (C=O) groups is 2. The first-order chi connectivity index (χ1) is 17.5. The molecule has 1 aliphatic carbocycles. The molecule has 5 rings (SSSR count). The van der Waals surface area contributed by atoms with Crippen LogP contribution >= 0.6 is 11.3 Å². The Hall–Kier alpha value is -3.56. The van der Waals surface area contributed by atoms with Gasteiger partial charge in [0.25, 0.3) is 0 Å². The van der Waals surface area contributed by atoms with Crippen LogP contribution in [0.3, 0.4) is 0 Å². The van der Waals surface area contributed by atoms with Crippen LogP contribution in [0.25, 0.3) is 22.6 Å². The number of fused-ring (bicyclic) bond motifs is 1. The van der Waals surface area contributed by atoms with Gasteiger partial charge in [0.1, 0.15) is 5.69 Å². The lowest BCUT2D eigenvalue weighted by Crippen LogP contribution is -2.22. The number of hydrogen-bond donors (Lipinski definition) is 0. The van der Waals surface area contributed by atoms with Gasteiger partial charge in [-0.2, -0.15) is 0 Å². The maximum Gasteiger partial charge on any atom is 0.173 e. The Balaban J connectivity index is 1.51. The lowest BCUT2D eigenvalue weighted by molar-refractivity contribution is 0.0944. The van der Waals surface area contributed by atoms with Gasteiger partial charge in [-0.15, -0.1) is 17.8 Å². The zero-order chi connectivity index (χ0) is 25.2. The van der Waals surface area contributed by atoms with Gasteiger partial charge in [0.15, 0.2) is 17.4 Å². The minimum atomic E-state index is 0.126. The van der Waals surface area contributed by atoms with E-state index in [2.05, 4.69) is 21.5 Å². The van der Waals surface area contributed by atoms with Crippen molar-refractivity contribution in [1.82, 2.24) is 14.5 Å². The SMILES string of the molecule is C#Cc1ccc(C(=O)C[C@H]2CCC[C@@H](n3c(-c4ccccn4)nc4cc(C(=O)CC)c(C)cc43)C2)s1. The Bertz CT molecular complexity index is 1480. The predicted molar refractivity (Wildman–Crippen MR) is 145 cm³/mol. The number of ketones is 2. The molecule has 0 aliphatic heterocycles. The molecule has 0 N–H and O–H groups in total. The first-order valence-corrected chi connectivity index (χ1v) is 13.4. The number of hydrogen-bond acceptors (Lipinski definition) is 5. The monoisotopic (exact) mass is 495 g/mol. The topological polar surface area (TPSA) is 64.8 Å². The number of terminal acetylenes is 1. The molecule has 0 radical (unpaired) electrons. The summed E-state index contributed by atoms with van der Waals surface area (Å²) in [5.41, 5.74) is 4.35. The van der Waals surface area contributed by atoms with E-state index < -0.39 is 0 Å². The van der Waals surface area contributed by atoms with Gasteiger partial charge < -0.3 is 4.57 Å². The molecule has 1 saturated carbocycles. The second kappa shape index (κ2) is 10.2. The van der Waals surface area contributed by atoms with Gasteiger partial charge in [-0.3, -0.25) is 14.6 Å². The highest BCUT2D eigenvalue weighted by Crippen LogP contribution is 2.40. The zero-order valence-electron chi connectivity index (χ0n) is 20.7. The van der Waals surface area contributed by atoms with Crippen LogP contribution in [0.2, 0.25) is 0 Å². The van der Waals surface area contributed by atoms with E-state index in [-0.39, 0.29) is 17.6 Å². The van der Waals surface area contributed by atoms with E-state index in [0.717, 1.165) is 69.1 Å². The first-order valence-electron chi connectivity index (χ1n) is 12.5. The highest BCUT2D eigenvalue weighted by molar-refractivity contribution is 7.14. The molecule has 0 spiro atoms. The third-order valence-corrected chi connectivity index (χ3v) is 8.23. The largest absolute Gasteiger partial charge is 0.320 e. The Morgan fingerprint density at radius 3 is 2.75 bits per heavy atom. The Morgan fingerprint density at radius 2 is 2.03 bits per heavy atom. The molecule has 4 aromatic rings. The second-order valence-corrected chi connectivity index (χ2v) is 10.7. The van der Waals surface area contributed by atoms with Crippen LogP contribution in [0.4, 0.5) is 0 Å². The molecule has 1 fully saturated rings. The van der Waals surface area contributed by atoms with E-state index in [0.29, 0.717) is 18.8 Å². The summed E-state index contributed by atoms with van der Waals surface area (Å²) in [5.74, 6) is 4.03. The van der Waals surface area contributed by atoms with Gasteiger partial charge in [-0.05, 0) is 74.1 Å². The fraction of sp³-hybridized carbons (Fsp3) is 0.333. The maximum atomic E-state index is 13.0. The molecule has 0 amide bonds. The van der Waals surface area contributed by atoms with Gasteiger partial charge in [0, 0.05) is 30.6 Å². The van der Waals surface area contributed by atoms with Crippen LogP contribution in [-0.4, -0.2) is 26.1 Å². The smallest absolute Gasteiger partial charge is 0.173 e. The van der Waals surface area contributed by atoms with Crippen molar-refractivity contribution in [1.29, 1.82) is 0 Å². The number of thiophene rings is 1. The molecule has 0 unspecified atom stereocenters. The summed E-state index contributed by atoms with van der Waals surface area (Å²) in [5, 5.41) is 0. The second-order valence-electron chi connectivity index (χ2n) is 9.57. The third-order valence-electron chi connectivity index (χ3n) is 7.17. The predicted octanol–water partition coefficient (Wildman–Crippen LogP) is 7.05. The number of nitrogens with zero attached hydrogens (tertiary/aromatic N) is 3. The molecule has 3 heterocycles. The van der Waals surface area contributed by atoms with E-state index >= 15 is 0 Å². The fourth-order valence-corrected chi connectivity index (χ4v) is 6.16. The number of aryl methyl sites for hydroxylation is 1. The maximum absolute atomic E-state index is 13.0. The summed E-state index contributed by atoms with van der Waals surface area (Å²) >= 11 is 1.40. The van der Waals surface area contributed by atoms with Crippen LogP contribution in [0.15, 0.2) is 48.7 Å². The van der Waals surface area contributed by atoms with Crippen LogP contribution in [0, 0.1) is 25.2 Å². The van der Waals surface area contributed by atoms with Crippen molar-refractivity contribution < 1.29 is 9.59 Å². The summed E-state index contributed by atoms with van der Waals surface area (Å²) < 4.78 is 2.31. The average Bonchev–Trinajstić information content (AvgIpc) is 3.53. The number of benzene rings is 1. The van der Waals surface area contributed by atoms with E-state index in [1.807, 2.05) is 50.2 Å². The summed E-state index contributed by atoms with van der Waals surface area (Å²) in [6.45, 7) is 3.88. The summed E-state index contributed by atoms with van der Waals surface area (Å²) in [4.78, 5) is 36.6. The average molecular weight is 496 g/mol. The highest BCUT2D eigenvalue weighted by atomic mass is 32.1. The van der Waals surface area contributed by atoms with Crippen molar-refractivity contribution >= 4 is 33.9 Å². The number of aromatic nitrogens is 3. The molecule has 5 nitrogen and oxygen atoms in total. The van der Waals surface area contributed by atoms with E-state index in [9.17, 15) is 9.59 Å². The number of pyridine rings is 1. The standard InChI is InChI=1S/C30H29N3O2S/c1-4-22-12-13-29(36-22)28(35)17-20-9-8-10-21(16-20)33-26-15-19(3)23(27(34)5-2)18-25(26)32-30(33)24-11-6-7-14-31-24/h1,6-7,11-15,18,20-21H,5,8-10,16-17H2,2-3H3/t20-,21+/m0/s1. The minimum absolute atomic E-state index is 0.126. The molecule has 182 valence electrons. The third kappa shape index (κ3) is 4.64. The lowest BCUT2D eigenvalue weighted by atomic mass is 9.82. The van der Waals surface area contributed by atoms with Gasteiger partial charge in [-0.1, -0.05) is 25.3 Å². The van der Waals surface area contributed by atoms with E-state index in [1.54, 1.807) is 6.20 Å². The van der Waals surface area contributed by atoms with Gasteiger partial charge in [0.2, 0.25) is 0 Å². The summed E-state index contributed by atoms with van der Waals surface area (Å²) in [6, 6.07) is 13.8. The van der Waals surface area contributed by atoms with Crippen LogP contribution in [0.1, 0.15) is 82.0 Å². The van der Waals surface area contributed by atoms with Crippen LogP contribution in [-0.2, 0) is 0 Å². The van der Waals surface area contributed by atoms with Crippen molar-refractivity contribution in [3.8, 4) is 23.9 Å². The van der Waals surface area contributed by atoms with Gasteiger partial charge in [-0.25, -0.2) is 4.98 Å². The van der Waals surface area contributed by atoms with Crippen molar-refractivity contribution in [2.45, 2.75) is 58.4 Å². The molecular weight excluding hydrogens is 466 g/mol. The van der Waals surface area contributed by atoms with E-state index in [1.165, 1.54) is 11.3 Å². The molecule has 6 heteroatoms. The van der Waals surface area contributed by atoms with Crippen molar-refractivity contribution in [3.63, 3.8) is 0 Å². The Morgan fingerprint density at radius 1 is 1.17 bits per heavy atom. The van der Waals surface area contributed by atoms with Gasteiger partial charge in [0.05, 0.1) is 20.8 Å². The molecule has 1 aromatic carbocycles. The molecule has 2 atom stereocenters. The Labute approximate surface area is 215 Å². The van der Waals surface area contributed by atoms with Crippen molar-refractivity contribution in [2.75, 3.05) is 0 Å². The normalized spacial score (nSPS) is 17.7. The first kappa shape index (κ1) is 24.1. The van der Waals surface area contributed by atoms with E-state index in [4.69, 9.17) is 11.4 Å². The summed E-state index contributed by atoms with van der Waals surface area (Å²) in [6.07, 6.45) is 12.3. The minimum Gasteiger partial charge on any atom is -0.320 e. The molecule has 1 aliphatic rings. The molecule has 36 heavy (non-hydrogen) atoms. The number of Topliss-reactive ketones (excluding diaryl/α,β-unsaturated/α-hetero) is 2. The van der Waals surface area contributed by atoms with Crippen LogP contribution in [0.5, 0.6) is 0 Å². The molecular formula is C30H29N3O2S. The molecule has 0 bridgehead atoms. The number of imidazole rings is 1. The Kier molecular flexibility index (Phi) is 6.84. The number of carbonyl (C=O) groups excluding carboxylic acids is 2. The van der Waals surface area contributed by atoms with Crippen LogP contribution < -0.4 is 0 Å². The quantitative estimate of drug-likeness (QED) is 0.204. The molecule has 3 aromatic heterocycles. The summed E-state index contributed by atoms with van der Waals surface area (Å²) in [7, 11) is 0. The van der Waals surface area contributed by atoms with Crippen molar-refractivity contribution in [3.05, 3.63) is 69.5 Å². The zero-order valence-corrected chi connectivity index (χ0v) is 21.5. The van der Waals surface area contributed by atoms with Gasteiger partial charge >= 0.3 is 0 Å².